The number of Topliss-reactive ketones (excluding diaryl/α,β-unsaturated/α-hetero) is 1. The largest absolute Gasteiger partial charge is 0.391 e. The number of aliphatic hydroxyl groups is 1. The lowest BCUT2D eigenvalue weighted by atomic mass is 10.0. The van der Waals surface area contributed by atoms with E-state index in [1.54, 1.807) is 4.90 Å². The lowest BCUT2D eigenvalue weighted by molar-refractivity contribution is -0.137. The molecule has 2 saturated heterocycles. The van der Waals surface area contributed by atoms with Crippen LogP contribution in [0.2, 0.25) is 0 Å². The van der Waals surface area contributed by atoms with E-state index in [1.807, 2.05) is 0 Å². The van der Waals surface area contributed by atoms with E-state index in [4.69, 9.17) is 0 Å². The summed E-state index contributed by atoms with van der Waals surface area (Å²) in [7, 11) is 0. The Labute approximate surface area is 76.5 Å². The molecule has 13 heavy (non-hydrogen) atoms. The molecule has 2 aliphatic rings. The molecule has 1 N–H and O–H groups in total. The third-order valence-electron chi connectivity index (χ3n) is 2.97. The summed E-state index contributed by atoms with van der Waals surface area (Å²) < 4.78 is 0. The highest BCUT2D eigenvalue weighted by Gasteiger charge is 2.46. The van der Waals surface area contributed by atoms with Crippen molar-refractivity contribution in [1.82, 2.24) is 4.90 Å². The molecule has 2 fully saturated rings. The van der Waals surface area contributed by atoms with E-state index in [-0.39, 0.29) is 23.8 Å². The Morgan fingerprint density at radius 2 is 2.23 bits per heavy atom. The van der Waals surface area contributed by atoms with Gasteiger partial charge >= 0.3 is 0 Å². The van der Waals surface area contributed by atoms with Crippen LogP contribution in [0.15, 0.2) is 0 Å². The third kappa shape index (κ3) is 1.25. The summed E-state index contributed by atoms with van der Waals surface area (Å²) in [6, 6.07) is -0.289. The number of carbonyl (C=O) groups is 2. The second-order valence-electron chi connectivity index (χ2n) is 3.90. The van der Waals surface area contributed by atoms with Crippen molar-refractivity contribution in [1.29, 1.82) is 0 Å². The molecule has 2 heterocycles. The normalized spacial score (nSPS) is 38.2. The lowest BCUT2D eigenvalue weighted by Gasteiger charge is -2.33. The monoisotopic (exact) mass is 183 g/mol. The first-order valence-electron chi connectivity index (χ1n) is 4.58. The van der Waals surface area contributed by atoms with E-state index in [0.29, 0.717) is 19.3 Å². The van der Waals surface area contributed by atoms with Gasteiger partial charge in [-0.25, -0.2) is 0 Å². The molecular formula is C9H13NO3. The minimum atomic E-state index is -0.500. The van der Waals surface area contributed by atoms with E-state index in [2.05, 4.69) is 0 Å². The fraction of sp³-hybridized carbons (Fsp3) is 0.778. The first-order valence-corrected chi connectivity index (χ1v) is 4.58. The van der Waals surface area contributed by atoms with E-state index < -0.39 is 6.10 Å². The van der Waals surface area contributed by atoms with Gasteiger partial charge in [-0.15, -0.1) is 0 Å². The first-order chi connectivity index (χ1) is 6.09. The molecule has 1 amide bonds. The molecule has 4 nitrogen and oxygen atoms in total. The minimum absolute atomic E-state index is 0.0287. The maximum atomic E-state index is 11.2. The Morgan fingerprint density at radius 1 is 1.54 bits per heavy atom. The quantitative estimate of drug-likeness (QED) is 0.561. The summed E-state index contributed by atoms with van der Waals surface area (Å²) in [5, 5.41) is 9.59. The zero-order valence-electron chi connectivity index (χ0n) is 7.56. The number of ketones is 1. The predicted octanol–water partition coefficient (Wildman–Crippen LogP) is -0.300. The van der Waals surface area contributed by atoms with E-state index in [0.717, 1.165) is 0 Å². The summed E-state index contributed by atoms with van der Waals surface area (Å²) in [6.45, 7) is 1.49. The van der Waals surface area contributed by atoms with Gasteiger partial charge in [-0.3, -0.25) is 9.59 Å². The predicted molar refractivity (Wildman–Crippen MR) is 45.0 cm³/mol. The molecule has 0 aromatic carbocycles. The van der Waals surface area contributed by atoms with Gasteiger partial charge in [0.1, 0.15) is 5.78 Å². The van der Waals surface area contributed by atoms with Gasteiger partial charge in [0, 0.05) is 25.8 Å². The molecule has 0 radical (unpaired) electrons. The number of hydrogen-bond donors (Lipinski definition) is 1. The van der Waals surface area contributed by atoms with Crippen molar-refractivity contribution >= 4 is 11.7 Å². The van der Waals surface area contributed by atoms with Crippen molar-refractivity contribution in [2.45, 2.75) is 44.4 Å². The Morgan fingerprint density at radius 3 is 2.77 bits per heavy atom. The third-order valence-corrected chi connectivity index (χ3v) is 2.97. The molecular weight excluding hydrogens is 170 g/mol. The summed E-state index contributed by atoms with van der Waals surface area (Å²) in [5.74, 6) is 0.142. The Hall–Kier alpha value is -0.900. The minimum Gasteiger partial charge on any atom is -0.391 e. The molecule has 72 valence electrons. The van der Waals surface area contributed by atoms with E-state index >= 15 is 0 Å². The Bertz CT molecular complexity index is 264. The summed E-state index contributed by atoms with van der Waals surface area (Å²) >= 11 is 0. The van der Waals surface area contributed by atoms with E-state index in [1.165, 1.54) is 6.92 Å². The second-order valence-corrected chi connectivity index (χ2v) is 3.90. The number of aliphatic hydroxyl groups excluding tert-OH is 1. The molecule has 3 atom stereocenters. The number of piperidine rings is 1. The maximum Gasteiger partial charge on any atom is 0.220 e. The van der Waals surface area contributed by atoms with Crippen molar-refractivity contribution < 1.29 is 14.7 Å². The zero-order valence-corrected chi connectivity index (χ0v) is 7.56. The fourth-order valence-electron chi connectivity index (χ4n) is 2.49. The average Bonchev–Trinajstić information content (AvgIpc) is 2.21. The van der Waals surface area contributed by atoms with Gasteiger partial charge in [0.2, 0.25) is 5.91 Å². The average molecular weight is 183 g/mol. The van der Waals surface area contributed by atoms with Gasteiger partial charge in [-0.05, 0) is 6.42 Å². The SMILES string of the molecule is CC(=O)N1[C@H]2CC(=O)C[C@@H]1[C@@H](O)C2. The standard InChI is InChI=1S/C9H13NO3/c1-5(11)10-6-2-7(12)4-8(10)9(13)3-6/h6,8-9,13H,2-4H2,1H3/t6-,8+,9-/m0/s1. The molecule has 0 aromatic heterocycles. The summed E-state index contributed by atoms with van der Waals surface area (Å²) in [5.41, 5.74) is 0. The Balaban J connectivity index is 2.24. The van der Waals surface area contributed by atoms with Crippen LogP contribution in [0.5, 0.6) is 0 Å². The maximum absolute atomic E-state index is 11.2. The van der Waals surface area contributed by atoms with Gasteiger partial charge in [0.15, 0.2) is 0 Å². The van der Waals surface area contributed by atoms with Crippen LogP contribution in [-0.2, 0) is 9.59 Å². The number of fused-ring (bicyclic) bond motifs is 2. The van der Waals surface area contributed by atoms with Crippen molar-refractivity contribution in [2.75, 3.05) is 0 Å². The second kappa shape index (κ2) is 2.80. The molecule has 0 aromatic rings. The Kier molecular flexibility index (Phi) is 1.87. The van der Waals surface area contributed by atoms with Crippen LogP contribution in [0.4, 0.5) is 0 Å². The van der Waals surface area contributed by atoms with Gasteiger partial charge in [0.05, 0.1) is 12.1 Å². The van der Waals surface area contributed by atoms with Crippen molar-refractivity contribution in [3.05, 3.63) is 0 Å². The molecule has 0 aliphatic carbocycles. The fourth-order valence-corrected chi connectivity index (χ4v) is 2.49. The van der Waals surface area contributed by atoms with E-state index in [9.17, 15) is 14.7 Å². The lowest BCUT2D eigenvalue weighted by Crippen LogP contribution is -2.47. The van der Waals surface area contributed by atoms with Gasteiger partial charge in [-0.1, -0.05) is 0 Å². The van der Waals surface area contributed by atoms with Crippen molar-refractivity contribution in [2.24, 2.45) is 0 Å². The van der Waals surface area contributed by atoms with Crippen LogP contribution in [0.1, 0.15) is 26.2 Å². The van der Waals surface area contributed by atoms with Crippen molar-refractivity contribution in [3.8, 4) is 0 Å². The van der Waals surface area contributed by atoms with Crippen LogP contribution in [0, 0.1) is 0 Å². The van der Waals surface area contributed by atoms with Gasteiger partial charge in [0.25, 0.3) is 0 Å². The molecule has 2 aliphatic heterocycles. The van der Waals surface area contributed by atoms with Crippen molar-refractivity contribution in [3.63, 3.8) is 0 Å². The molecule has 4 heteroatoms. The van der Waals surface area contributed by atoms with Crippen LogP contribution in [0.25, 0.3) is 0 Å². The topological polar surface area (TPSA) is 57.6 Å². The van der Waals surface area contributed by atoms with Crippen LogP contribution in [0.3, 0.4) is 0 Å². The van der Waals surface area contributed by atoms with Gasteiger partial charge < -0.3 is 10.0 Å². The highest BCUT2D eigenvalue weighted by molar-refractivity contribution is 5.85. The summed E-state index contributed by atoms with van der Waals surface area (Å²) in [6.07, 6.45) is 0.820. The molecule has 2 rings (SSSR count). The molecule has 0 unspecified atom stereocenters. The number of amides is 1. The molecule has 0 saturated carbocycles. The van der Waals surface area contributed by atoms with Gasteiger partial charge in [-0.2, -0.15) is 0 Å². The highest BCUT2D eigenvalue weighted by Crippen LogP contribution is 2.34. The number of rotatable bonds is 0. The smallest absolute Gasteiger partial charge is 0.220 e. The van der Waals surface area contributed by atoms with Crippen LogP contribution >= 0.6 is 0 Å². The van der Waals surface area contributed by atoms with Crippen LogP contribution < -0.4 is 0 Å². The van der Waals surface area contributed by atoms with Crippen LogP contribution in [-0.4, -0.2) is 39.9 Å². The molecule has 0 spiro atoms. The number of carbonyl (C=O) groups excluding carboxylic acids is 2. The number of nitrogens with zero attached hydrogens (tertiary/aromatic N) is 1. The summed E-state index contributed by atoms with van der Waals surface area (Å²) in [4.78, 5) is 24.1. The molecule has 2 bridgehead atoms. The first kappa shape index (κ1) is 8.69. The zero-order chi connectivity index (χ0) is 9.59. The highest BCUT2D eigenvalue weighted by atomic mass is 16.3. The number of hydrogen-bond acceptors (Lipinski definition) is 3.